The van der Waals surface area contributed by atoms with Crippen LogP contribution in [0.15, 0.2) is 6.07 Å². The van der Waals surface area contributed by atoms with E-state index in [-0.39, 0.29) is 0 Å². The molecule has 1 aliphatic rings. The summed E-state index contributed by atoms with van der Waals surface area (Å²) in [5.41, 5.74) is 2.49. The molecule has 2 rings (SSSR count). The minimum absolute atomic E-state index is 0.662. The Kier molecular flexibility index (Phi) is 3.64. The summed E-state index contributed by atoms with van der Waals surface area (Å²) in [7, 11) is 2.05. The maximum atomic E-state index is 4.41. The summed E-state index contributed by atoms with van der Waals surface area (Å²) >= 11 is 0. The summed E-state index contributed by atoms with van der Waals surface area (Å²) in [6.45, 7) is 5.43. The van der Waals surface area contributed by atoms with E-state index in [9.17, 15) is 0 Å². The van der Waals surface area contributed by atoms with Crippen LogP contribution < -0.4 is 5.32 Å². The van der Waals surface area contributed by atoms with Crippen LogP contribution in [0, 0.1) is 12.8 Å². The predicted molar refractivity (Wildman–Crippen MR) is 66.5 cm³/mol. The van der Waals surface area contributed by atoms with E-state index in [1.807, 2.05) is 11.7 Å². The average Bonchev–Trinajstić information content (AvgIpc) is 3.01. The van der Waals surface area contributed by atoms with Crippen molar-refractivity contribution in [2.45, 2.75) is 45.6 Å². The largest absolute Gasteiger partial charge is 0.313 e. The maximum absolute atomic E-state index is 4.41. The third-order valence-electron chi connectivity index (χ3n) is 3.38. The van der Waals surface area contributed by atoms with Gasteiger partial charge in [0.2, 0.25) is 0 Å². The molecule has 16 heavy (non-hydrogen) atoms. The number of nitrogens with zero attached hydrogens (tertiary/aromatic N) is 2. The molecule has 3 nitrogen and oxygen atoms in total. The second-order valence-corrected chi connectivity index (χ2v) is 5.00. The van der Waals surface area contributed by atoms with E-state index in [4.69, 9.17) is 0 Å². The van der Waals surface area contributed by atoms with Gasteiger partial charge in [-0.1, -0.05) is 6.92 Å². The van der Waals surface area contributed by atoms with E-state index in [0.29, 0.717) is 6.04 Å². The van der Waals surface area contributed by atoms with Crippen LogP contribution in [0.2, 0.25) is 0 Å². The van der Waals surface area contributed by atoms with Gasteiger partial charge in [0.15, 0.2) is 0 Å². The lowest BCUT2D eigenvalue weighted by molar-refractivity contribution is 0.449. The smallest absolute Gasteiger partial charge is 0.0596 e. The van der Waals surface area contributed by atoms with Gasteiger partial charge >= 0.3 is 0 Å². The first-order chi connectivity index (χ1) is 7.70. The van der Waals surface area contributed by atoms with Gasteiger partial charge < -0.3 is 5.32 Å². The van der Waals surface area contributed by atoms with Crippen molar-refractivity contribution in [2.75, 3.05) is 6.54 Å². The van der Waals surface area contributed by atoms with Gasteiger partial charge in [-0.2, -0.15) is 5.10 Å². The molecule has 0 radical (unpaired) electrons. The first kappa shape index (κ1) is 11.6. The van der Waals surface area contributed by atoms with Gasteiger partial charge in [-0.15, -0.1) is 0 Å². The highest BCUT2D eigenvalue weighted by atomic mass is 15.3. The van der Waals surface area contributed by atoms with Crippen LogP contribution >= 0.6 is 0 Å². The predicted octanol–water partition coefficient (Wildman–Crippen LogP) is 2.05. The van der Waals surface area contributed by atoms with E-state index in [2.05, 4.69) is 30.3 Å². The van der Waals surface area contributed by atoms with Gasteiger partial charge in [0.25, 0.3) is 0 Å². The Morgan fingerprint density at radius 1 is 1.56 bits per heavy atom. The van der Waals surface area contributed by atoms with E-state index in [0.717, 1.165) is 24.6 Å². The Morgan fingerprint density at radius 2 is 2.31 bits per heavy atom. The molecule has 0 amide bonds. The fraction of sp³-hybridized carbons (Fsp3) is 0.769. The number of hydrogen-bond acceptors (Lipinski definition) is 2. The molecule has 90 valence electrons. The van der Waals surface area contributed by atoms with Gasteiger partial charge in [-0.25, -0.2) is 0 Å². The molecule has 1 aromatic rings. The number of aromatic nitrogens is 2. The monoisotopic (exact) mass is 221 g/mol. The Bertz CT molecular complexity index is 339. The third-order valence-corrected chi connectivity index (χ3v) is 3.38. The molecular formula is C13H23N3. The summed E-state index contributed by atoms with van der Waals surface area (Å²) < 4.78 is 2.03. The third kappa shape index (κ3) is 2.85. The molecule has 0 spiro atoms. The van der Waals surface area contributed by atoms with E-state index in [1.54, 1.807) is 0 Å². The lowest BCUT2D eigenvalue weighted by Gasteiger charge is -2.17. The van der Waals surface area contributed by atoms with Crippen molar-refractivity contribution >= 4 is 0 Å². The molecular weight excluding hydrogens is 198 g/mol. The van der Waals surface area contributed by atoms with Crippen LogP contribution in [0.4, 0.5) is 0 Å². The molecule has 1 aromatic heterocycles. The van der Waals surface area contributed by atoms with E-state index < -0.39 is 0 Å². The maximum Gasteiger partial charge on any atom is 0.0596 e. The lowest BCUT2D eigenvalue weighted by Crippen LogP contribution is -2.34. The van der Waals surface area contributed by atoms with Crippen molar-refractivity contribution in [3.8, 4) is 0 Å². The molecule has 0 bridgehead atoms. The summed E-state index contributed by atoms with van der Waals surface area (Å²) in [5, 5.41) is 8.09. The van der Waals surface area contributed by atoms with Crippen molar-refractivity contribution in [2.24, 2.45) is 13.0 Å². The molecule has 1 heterocycles. The Labute approximate surface area is 98.2 Å². The summed E-state index contributed by atoms with van der Waals surface area (Å²) in [6, 6.07) is 2.87. The molecule has 0 aromatic carbocycles. The highest BCUT2D eigenvalue weighted by molar-refractivity contribution is 5.11. The van der Waals surface area contributed by atoms with Crippen LogP contribution in [-0.2, 0) is 13.5 Å². The summed E-state index contributed by atoms with van der Waals surface area (Å²) in [5.74, 6) is 0.904. The van der Waals surface area contributed by atoms with E-state index in [1.165, 1.54) is 25.0 Å². The second-order valence-electron chi connectivity index (χ2n) is 5.00. The van der Waals surface area contributed by atoms with Crippen molar-refractivity contribution < 1.29 is 0 Å². The van der Waals surface area contributed by atoms with Gasteiger partial charge in [0.1, 0.15) is 0 Å². The average molecular weight is 221 g/mol. The molecule has 0 saturated heterocycles. The molecule has 1 unspecified atom stereocenters. The lowest BCUT2D eigenvalue weighted by atomic mass is 10.1. The van der Waals surface area contributed by atoms with Gasteiger partial charge in [-0.05, 0) is 44.7 Å². The fourth-order valence-electron chi connectivity index (χ4n) is 2.31. The van der Waals surface area contributed by atoms with Crippen molar-refractivity contribution in [3.63, 3.8) is 0 Å². The number of hydrogen-bond donors (Lipinski definition) is 1. The summed E-state index contributed by atoms with van der Waals surface area (Å²) in [4.78, 5) is 0. The van der Waals surface area contributed by atoms with Crippen molar-refractivity contribution in [3.05, 3.63) is 17.5 Å². The van der Waals surface area contributed by atoms with Crippen molar-refractivity contribution in [1.82, 2.24) is 15.1 Å². The molecule has 1 fully saturated rings. The van der Waals surface area contributed by atoms with Gasteiger partial charge in [0.05, 0.1) is 5.69 Å². The molecule has 1 atom stereocenters. The van der Waals surface area contributed by atoms with Crippen LogP contribution in [0.3, 0.4) is 0 Å². The Balaban J connectivity index is 1.96. The quantitative estimate of drug-likeness (QED) is 0.797. The SMILES string of the molecule is CCCNC(Cc1cc(C)nn1C)C1CC1. The minimum atomic E-state index is 0.662. The number of rotatable bonds is 6. The van der Waals surface area contributed by atoms with E-state index >= 15 is 0 Å². The number of nitrogens with one attached hydrogen (secondary N) is 1. The van der Waals surface area contributed by atoms with Gasteiger partial charge in [-0.3, -0.25) is 4.68 Å². The van der Waals surface area contributed by atoms with Crippen molar-refractivity contribution in [1.29, 1.82) is 0 Å². The first-order valence-electron chi connectivity index (χ1n) is 6.43. The highest BCUT2D eigenvalue weighted by Gasteiger charge is 2.31. The zero-order chi connectivity index (χ0) is 11.5. The van der Waals surface area contributed by atoms with Crippen LogP contribution in [0.25, 0.3) is 0 Å². The summed E-state index contributed by atoms with van der Waals surface area (Å²) in [6.07, 6.45) is 5.14. The molecule has 0 aliphatic heterocycles. The van der Waals surface area contributed by atoms with Crippen LogP contribution in [0.1, 0.15) is 37.6 Å². The van der Waals surface area contributed by atoms with Gasteiger partial charge in [0, 0.05) is 25.2 Å². The zero-order valence-electron chi connectivity index (χ0n) is 10.7. The zero-order valence-corrected chi connectivity index (χ0v) is 10.7. The standard InChI is InChI=1S/C13H23N3/c1-4-7-14-13(11-5-6-11)9-12-8-10(2)15-16(12)3/h8,11,13-14H,4-7,9H2,1-3H3. The van der Waals surface area contributed by atoms with Crippen LogP contribution in [-0.4, -0.2) is 22.4 Å². The normalized spacial score (nSPS) is 17.7. The molecule has 1 saturated carbocycles. The molecule has 3 heteroatoms. The Morgan fingerprint density at radius 3 is 2.81 bits per heavy atom. The number of aryl methyl sites for hydroxylation is 2. The highest BCUT2D eigenvalue weighted by Crippen LogP contribution is 2.34. The second kappa shape index (κ2) is 5.00. The molecule has 1 N–H and O–H groups in total. The topological polar surface area (TPSA) is 29.9 Å². The van der Waals surface area contributed by atoms with Crippen LogP contribution in [0.5, 0.6) is 0 Å². The fourth-order valence-corrected chi connectivity index (χ4v) is 2.31. The minimum Gasteiger partial charge on any atom is -0.313 e. The first-order valence-corrected chi connectivity index (χ1v) is 6.43. The molecule has 1 aliphatic carbocycles. The Hall–Kier alpha value is -0.830.